The summed E-state index contributed by atoms with van der Waals surface area (Å²) in [6.45, 7) is 4.22. The minimum absolute atomic E-state index is 0. The van der Waals surface area contributed by atoms with Crippen molar-refractivity contribution in [1.29, 1.82) is 0 Å². The second-order valence-corrected chi connectivity index (χ2v) is 1.89. The molecule has 1 aliphatic carbocycles. The fourth-order valence-corrected chi connectivity index (χ4v) is 0.650. The molecule has 4 heteroatoms. The van der Waals surface area contributed by atoms with Crippen molar-refractivity contribution < 1.29 is 21.7 Å². The maximum absolute atomic E-state index is 3.19. The monoisotopic (exact) mass is 249 g/mol. The zero-order chi connectivity index (χ0) is 5.28. The standard InChI is InChI=1S/C7H9.3ClH.Ti/c1-6-4-3-5-7(6)2;;;;/h4H,3H2,1-2H3;3*1H;/q-1;;;;. The Labute approximate surface area is 102 Å². The molecule has 1 rings (SSSR count). The molecule has 0 N–H and O–H groups in total. The second kappa shape index (κ2) is 11.1. The summed E-state index contributed by atoms with van der Waals surface area (Å²) >= 11 is 0. The van der Waals surface area contributed by atoms with Crippen molar-refractivity contribution in [2.75, 3.05) is 0 Å². The third-order valence-electron chi connectivity index (χ3n) is 1.37. The zero-order valence-corrected chi connectivity index (χ0v) is 10.5. The largest absolute Gasteiger partial charge is 0.270 e. The van der Waals surface area contributed by atoms with Gasteiger partial charge in [-0.25, -0.2) is 11.1 Å². The van der Waals surface area contributed by atoms with E-state index in [0.717, 1.165) is 6.42 Å². The van der Waals surface area contributed by atoms with Gasteiger partial charge >= 0.3 is 0 Å². The van der Waals surface area contributed by atoms with Gasteiger partial charge in [-0.2, -0.15) is 6.08 Å². The Morgan fingerprint density at radius 2 is 1.64 bits per heavy atom. The summed E-state index contributed by atoms with van der Waals surface area (Å²) in [6, 6.07) is 0. The normalized spacial score (nSPS) is 12.2. The Kier molecular flexibility index (Phi) is 22.8. The van der Waals surface area contributed by atoms with E-state index in [1.54, 1.807) is 0 Å². The van der Waals surface area contributed by atoms with Crippen molar-refractivity contribution in [1.82, 2.24) is 0 Å². The van der Waals surface area contributed by atoms with Gasteiger partial charge in [0, 0.05) is 21.7 Å². The number of halogens is 3. The predicted molar refractivity (Wildman–Crippen MR) is 52.5 cm³/mol. The van der Waals surface area contributed by atoms with Gasteiger partial charge in [0.05, 0.1) is 0 Å². The van der Waals surface area contributed by atoms with Crippen molar-refractivity contribution >= 4 is 37.2 Å². The molecule has 0 aromatic rings. The number of hydrogen-bond donors (Lipinski definition) is 0. The number of allylic oxidation sites excluding steroid dienone is 4. The zero-order valence-electron chi connectivity index (χ0n) is 6.51. The maximum Gasteiger partial charge on any atom is 0 e. The van der Waals surface area contributed by atoms with Crippen LogP contribution in [0.3, 0.4) is 0 Å². The molecule has 0 unspecified atom stereocenters. The van der Waals surface area contributed by atoms with Crippen LogP contribution in [0.5, 0.6) is 0 Å². The van der Waals surface area contributed by atoms with Crippen LogP contribution in [0.2, 0.25) is 0 Å². The molecule has 0 saturated carbocycles. The molecular weight excluding hydrogens is 238 g/mol. The minimum Gasteiger partial charge on any atom is -0.270 e. The summed E-state index contributed by atoms with van der Waals surface area (Å²) in [5.41, 5.74) is 2.71. The van der Waals surface area contributed by atoms with Crippen molar-refractivity contribution in [2.24, 2.45) is 0 Å². The van der Waals surface area contributed by atoms with Crippen molar-refractivity contribution in [3.05, 3.63) is 23.3 Å². The van der Waals surface area contributed by atoms with Crippen LogP contribution in [-0.2, 0) is 21.7 Å². The molecule has 11 heavy (non-hydrogen) atoms. The maximum atomic E-state index is 3.19. The van der Waals surface area contributed by atoms with Gasteiger partial charge in [-0.1, -0.05) is 6.92 Å². The fraction of sp³-hybridized carbons (Fsp3) is 0.429. The molecule has 66 valence electrons. The van der Waals surface area contributed by atoms with Gasteiger partial charge in [-0.3, -0.25) is 6.08 Å². The molecule has 0 spiro atoms. The molecule has 0 bridgehead atoms. The van der Waals surface area contributed by atoms with Crippen LogP contribution < -0.4 is 0 Å². The minimum atomic E-state index is 0. The van der Waals surface area contributed by atoms with E-state index in [0.29, 0.717) is 0 Å². The van der Waals surface area contributed by atoms with Crippen molar-refractivity contribution in [2.45, 2.75) is 20.3 Å². The first-order valence-electron chi connectivity index (χ1n) is 2.55. The molecule has 0 radical (unpaired) electrons. The summed E-state index contributed by atoms with van der Waals surface area (Å²) in [6.07, 6.45) is 6.41. The average molecular weight is 250 g/mol. The van der Waals surface area contributed by atoms with E-state index < -0.39 is 0 Å². The Morgan fingerprint density at radius 1 is 1.18 bits per heavy atom. The molecule has 0 fully saturated rings. The van der Waals surface area contributed by atoms with Gasteiger partial charge in [0.25, 0.3) is 0 Å². The third-order valence-corrected chi connectivity index (χ3v) is 1.37. The van der Waals surface area contributed by atoms with E-state index >= 15 is 0 Å². The first-order chi connectivity index (χ1) is 3.30. The molecule has 0 aromatic heterocycles. The summed E-state index contributed by atoms with van der Waals surface area (Å²) in [5, 5.41) is 0. The van der Waals surface area contributed by atoms with Crippen LogP contribution in [-0.4, -0.2) is 0 Å². The molecule has 0 atom stereocenters. The SMILES string of the molecule is CC1=[C-]CC=C1C.Cl.Cl.Cl.[Ti]. The van der Waals surface area contributed by atoms with Crippen LogP contribution in [0.25, 0.3) is 0 Å². The van der Waals surface area contributed by atoms with Crippen molar-refractivity contribution in [3.63, 3.8) is 0 Å². The third kappa shape index (κ3) is 7.43. The van der Waals surface area contributed by atoms with Crippen molar-refractivity contribution in [3.8, 4) is 0 Å². The molecule has 0 saturated heterocycles. The van der Waals surface area contributed by atoms with Gasteiger partial charge in [-0.05, 0) is 0 Å². The average Bonchev–Trinajstić information content (AvgIpc) is 1.91. The second-order valence-electron chi connectivity index (χ2n) is 1.89. The van der Waals surface area contributed by atoms with Gasteiger partial charge in [0.15, 0.2) is 0 Å². The van der Waals surface area contributed by atoms with E-state index in [1.165, 1.54) is 11.1 Å². The molecule has 0 heterocycles. The van der Waals surface area contributed by atoms with Gasteiger partial charge < -0.3 is 0 Å². The summed E-state index contributed by atoms with van der Waals surface area (Å²) in [7, 11) is 0. The Bertz CT molecular complexity index is 125. The van der Waals surface area contributed by atoms with E-state index in [-0.39, 0.29) is 58.9 Å². The number of rotatable bonds is 0. The van der Waals surface area contributed by atoms with E-state index in [4.69, 9.17) is 0 Å². The first-order valence-corrected chi connectivity index (χ1v) is 2.55. The van der Waals surface area contributed by atoms with Gasteiger partial charge in [0.2, 0.25) is 0 Å². The van der Waals surface area contributed by atoms with Crippen LogP contribution in [0, 0.1) is 6.08 Å². The molecule has 0 nitrogen and oxygen atoms in total. The molecule has 1 aliphatic rings. The predicted octanol–water partition coefficient (Wildman–Crippen LogP) is 3.35. The van der Waals surface area contributed by atoms with Gasteiger partial charge in [0.1, 0.15) is 0 Å². The molecule has 0 aromatic carbocycles. The Hall–Kier alpha value is 1.06. The summed E-state index contributed by atoms with van der Waals surface area (Å²) in [4.78, 5) is 0. The van der Waals surface area contributed by atoms with E-state index in [2.05, 4.69) is 26.0 Å². The summed E-state index contributed by atoms with van der Waals surface area (Å²) < 4.78 is 0. The molecule has 0 aliphatic heterocycles. The first kappa shape index (κ1) is 22.7. The molecular formula is C7H12Cl3Ti-. The fourth-order valence-electron chi connectivity index (χ4n) is 0.650. The number of hydrogen-bond acceptors (Lipinski definition) is 0. The van der Waals surface area contributed by atoms with Crippen LogP contribution >= 0.6 is 37.2 Å². The van der Waals surface area contributed by atoms with E-state index in [1.807, 2.05) is 0 Å². The van der Waals surface area contributed by atoms with Crippen LogP contribution in [0.1, 0.15) is 20.3 Å². The quantitative estimate of drug-likeness (QED) is 0.457. The van der Waals surface area contributed by atoms with E-state index in [9.17, 15) is 0 Å². The Morgan fingerprint density at radius 3 is 1.73 bits per heavy atom. The summed E-state index contributed by atoms with van der Waals surface area (Å²) in [5.74, 6) is 0. The molecule has 0 amide bonds. The van der Waals surface area contributed by atoms with Crippen LogP contribution in [0.4, 0.5) is 0 Å². The smallest absolute Gasteiger partial charge is 0 e. The van der Waals surface area contributed by atoms with Crippen LogP contribution in [0.15, 0.2) is 17.2 Å². The topological polar surface area (TPSA) is 0 Å². The van der Waals surface area contributed by atoms with Gasteiger partial charge in [-0.15, -0.1) is 50.6 Å². The Balaban J connectivity index is -0.0000000612.